The molecular formula is C15H16BrN3O. The molecule has 1 saturated heterocycles. The van der Waals surface area contributed by atoms with E-state index in [0.29, 0.717) is 5.82 Å². The molecule has 1 aliphatic carbocycles. The summed E-state index contributed by atoms with van der Waals surface area (Å²) >= 11 is 3.51. The molecule has 1 aromatic heterocycles. The van der Waals surface area contributed by atoms with E-state index >= 15 is 0 Å². The van der Waals surface area contributed by atoms with Gasteiger partial charge in [-0.05, 0) is 19.4 Å². The average Bonchev–Trinajstić information content (AvgIpc) is 2.59. The summed E-state index contributed by atoms with van der Waals surface area (Å²) in [6.45, 7) is 5.85. The van der Waals surface area contributed by atoms with Crippen molar-refractivity contribution in [3.63, 3.8) is 0 Å². The highest BCUT2D eigenvalue weighted by Gasteiger charge is 2.51. The quantitative estimate of drug-likeness (QED) is 0.791. The maximum absolute atomic E-state index is 12.8. The van der Waals surface area contributed by atoms with E-state index in [1.807, 2.05) is 26.8 Å². The van der Waals surface area contributed by atoms with Crippen molar-refractivity contribution in [1.82, 2.24) is 9.97 Å². The lowest BCUT2D eigenvalue weighted by molar-refractivity contribution is -0.125. The summed E-state index contributed by atoms with van der Waals surface area (Å²) in [5.74, 6) is 1.02. The van der Waals surface area contributed by atoms with E-state index in [1.165, 1.54) is 0 Å². The molecule has 4 nitrogen and oxygen atoms in total. The van der Waals surface area contributed by atoms with Gasteiger partial charge in [-0.2, -0.15) is 0 Å². The topological polar surface area (TPSA) is 46.1 Å². The zero-order valence-electron chi connectivity index (χ0n) is 11.7. The van der Waals surface area contributed by atoms with Gasteiger partial charge in [-0.1, -0.05) is 35.9 Å². The van der Waals surface area contributed by atoms with Crippen LogP contribution in [0.5, 0.6) is 0 Å². The molecule has 3 rings (SSSR count). The Hall–Kier alpha value is -1.49. The average molecular weight is 334 g/mol. The summed E-state index contributed by atoms with van der Waals surface area (Å²) in [4.78, 5) is 22.9. The molecule has 20 heavy (non-hydrogen) atoms. The van der Waals surface area contributed by atoms with Crippen LogP contribution in [0.25, 0.3) is 0 Å². The number of nitrogens with zero attached hydrogens (tertiary/aromatic N) is 3. The van der Waals surface area contributed by atoms with Crippen LogP contribution in [0.3, 0.4) is 0 Å². The Morgan fingerprint density at radius 2 is 2.00 bits per heavy atom. The zero-order valence-corrected chi connectivity index (χ0v) is 13.3. The molecule has 0 saturated carbocycles. The van der Waals surface area contributed by atoms with Gasteiger partial charge in [0.1, 0.15) is 5.82 Å². The first-order valence-corrected chi connectivity index (χ1v) is 7.41. The van der Waals surface area contributed by atoms with E-state index in [4.69, 9.17) is 0 Å². The zero-order chi connectivity index (χ0) is 14.5. The SMILES string of the molecule is Cc1ncc(N2C(=O)C(C)(C)C3CC=C(Br)C=C32)cn1. The molecule has 1 amide bonds. The normalized spacial score (nSPS) is 24.3. The van der Waals surface area contributed by atoms with Gasteiger partial charge in [-0.3, -0.25) is 9.69 Å². The highest BCUT2D eigenvalue weighted by atomic mass is 79.9. The summed E-state index contributed by atoms with van der Waals surface area (Å²) in [6.07, 6.45) is 8.45. The van der Waals surface area contributed by atoms with Gasteiger partial charge < -0.3 is 0 Å². The van der Waals surface area contributed by atoms with Crippen LogP contribution in [-0.2, 0) is 4.79 Å². The van der Waals surface area contributed by atoms with Gasteiger partial charge in [0.25, 0.3) is 0 Å². The number of halogens is 1. The van der Waals surface area contributed by atoms with Crippen LogP contribution < -0.4 is 4.90 Å². The van der Waals surface area contributed by atoms with Crippen molar-refractivity contribution in [3.05, 3.63) is 40.5 Å². The van der Waals surface area contributed by atoms with Crippen LogP contribution in [-0.4, -0.2) is 15.9 Å². The number of carbonyl (C=O) groups is 1. The van der Waals surface area contributed by atoms with Crippen LogP contribution in [0.1, 0.15) is 26.1 Å². The number of amides is 1. The van der Waals surface area contributed by atoms with Crippen molar-refractivity contribution in [2.45, 2.75) is 27.2 Å². The van der Waals surface area contributed by atoms with Crippen molar-refractivity contribution in [2.24, 2.45) is 11.3 Å². The number of fused-ring (bicyclic) bond motifs is 1. The molecule has 1 unspecified atom stereocenters. The number of rotatable bonds is 1. The molecule has 0 aromatic carbocycles. The second-order valence-corrected chi connectivity index (χ2v) is 6.71. The summed E-state index contributed by atoms with van der Waals surface area (Å²) in [5.41, 5.74) is 1.37. The Labute approximate surface area is 126 Å². The van der Waals surface area contributed by atoms with Crippen LogP contribution >= 0.6 is 15.9 Å². The van der Waals surface area contributed by atoms with Gasteiger partial charge >= 0.3 is 0 Å². The lowest BCUT2D eigenvalue weighted by atomic mass is 9.77. The summed E-state index contributed by atoms with van der Waals surface area (Å²) in [7, 11) is 0. The predicted molar refractivity (Wildman–Crippen MR) is 81.2 cm³/mol. The van der Waals surface area contributed by atoms with E-state index in [1.54, 1.807) is 17.3 Å². The Kier molecular flexibility index (Phi) is 3.05. The summed E-state index contributed by atoms with van der Waals surface area (Å²) in [6, 6.07) is 0. The van der Waals surface area contributed by atoms with E-state index in [9.17, 15) is 4.79 Å². The van der Waals surface area contributed by atoms with E-state index < -0.39 is 5.41 Å². The first-order valence-electron chi connectivity index (χ1n) is 6.61. The van der Waals surface area contributed by atoms with Crippen LogP contribution in [0, 0.1) is 18.3 Å². The molecule has 0 bridgehead atoms. The van der Waals surface area contributed by atoms with E-state index in [2.05, 4.69) is 32.0 Å². The maximum atomic E-state index is 12.8. The molecule has 0 N–H and O–H groups in total. The molecule has 1 atom stereocenters. The Morgan fingerprint density at radius 3 is 2.65 bits per heavy atom. The number of hydrogen-bond acceptors (Lipinski definition) is 3. The first kappa shape index (κ1) is 13.5. The number of aromatic nitrogens is 2. The molecule has 5 heteroatoms. The third-order valence-electron chi connectivity index (χ3n) is 4.10. The minimum atomic E-state index is -0.402. The van der Waals surface area contributed by atoms with Gasteiger partial charge in [0, 0.05) is 16.1 Å². The third-order valence-corrected chi connectivity index (χ3v) is 4.65. The second kappa shape index (κ2) is 4.52. The minimum absolute atomic E-state index is 0.108. The highest BCUT2D eigenvalue weighted by Crippen LogP contribution is 2.49. The standard InChI is InChI=1S/C15H16BrN3O/c1-9-17-7-11(8-18-9)19-13-6-10(16)4-5-12(13)15(2,3)14(19)20/h4,6-8,12H,5H2,1-3H3. The number of carbonyl (C=O) groups excluding carboxylic acids is 1. The molecule has 0 radical (unpaired) electrons. The summed E-state index contributed by atoms with van der Waals surface area (Å²) in [5, 5.41) is 0. The number of hydrogen-bond donors (Lipinski definition) is 0. The predicted octanol–water partition coefficient (Wildman–Crippen LogP) is 3.34. The molecule has 1 fully saturated rings. The fourth-order valence-electron chi connectivity index (χ4n) is 2.86. The number of aryl methyl sites for hydroxylation is 1. The van der Waals surface area contributed by atoms with Crippen molar-refractivity contribution >= 4 is 27.5 Å². The lowest BCUT2D eigenvalue weighted by Crippen LogP contribution is -2.31. The van der Waals surface area contributed by atoms with Crippen LogP contribution in [0.2, 0.25) is 0 Å². The third kappa shape index (κ3) is 1.92. The smallest absolute Gasteiger partial charge is 0.237 e. The largest absolute Gasteiger partial charge is 0.281 e. The van der Waals surface area contributed by atoms with E-state index in [0.717, 1.165) is 22.3 Å². The van der Waals surface area contributed by atoms with Gasteiger partial charge in [0.2, 0.25) is 5.91 Å². The molecular weight excluding hydrogens is 318 g/mol. The molecule has 1 aromatic rings. The second-order valence-electron chi connectivity index (χ2n) is 5.80. The van der Waals surface area contributed by atoms with Crippen molar-refractivity contribution in [1.29, 1.82) is 0 Å². The van der Waals surface area contributed by atoms with Gasteiger partial charge in [0.15, 0.2) is 0 Å². The van der Waals surface area contributed by atoms with Crippen molar-refractivity contribution in [2.75, 3.05) is 4.90 Å². The number of allylic oxidation sites excluding steroid dienone is 4. The Morgan fingerprint density at radius 1 is 1.35 bits per heavy atom. The monoisotopic (exact) mass is 333 g/mol. The van der Waals surface area contributed by atoms with Crippen molar-refractivity contribution < 1.29 is 4.79 Å². The lowest BCUT2D eigenvalue weighted by Gasteiger charge is -2.24. The van der Waals surface area contributed by atoms with Gasteiger partial charge in [-0.15, -0.1) is 0 Å². The van der Waals surface area contributed by atoms with Crippen LogP contribution in [0.4, 0.5) is 5.69 Å². The molecule has 1 aliphatic heterocycles. The Bertz CT molecular complexity index is 631. The van der Waals surface area contributed by atoms with E-state index in [-0.39, 0.29) is 11.8 Å². The fourth-order valence-corrected chi connectivity index (χ4v) is 3.28. The Balaban J connectivity index is 2.11. The maximum Gasteiger partial charge on any atom is 0.237 e. The van der Waals surface area contributed by atoms with Crippen molar-refractivity contribution in [3.8, 4) is 0 Å². The molecule has 104 valence electrons. The first-order chi connectivity index (χ1) is 9.41. The molecule has 0 spiro atoms. The summed E-state index contributed by atoms with van der Waals surface area (Å²) < 4.78 is 1.02. The molecule has 2 heterocycles. The highest BCUT2D eigenvalue weighted by molar-refractivity contribution is 9.11. The van der Waals surface area contributed by atoms with Crippen LogP contribution in [0.15, 0.2) is 34.7 Å². The fraction of sp³-hybridized carbons (Fsp3) is 0.400. The van der Waals surface area contributed by atoms with Gasteiger partial charge in [-0.25, -0.2) is 9.97 Å². The van der Waals surface area contributed by atoms with Gasteiger partial charge in [0.05, 0.1) is 23.5 Å². The minimum Gasteiger partial charge on any atom is -0.281 e. The number of anilines is 1. The molecule has 2 aliphatic rings.